The van der Waals surface area contributed by atoms with Crippen LogP contribution < -0.4 is 21.7 Å². The SMILES string of the molecule is Cc1ncsc1-c1ccc([C@H](C)NC(=O)[C@@H]2C[C@@H](O)CN2C(=O)[C@@H](NC(=O)CCCCCc2cccc(CC[C@H](CCC(N)=O)NC(=O)OC(C)(C)C)c2)C(C)(C)C)cc1. The third-order valence-corrected chi connectivity index (χ3v) is 11.6. The number of nitrogens with zero attached hydrogens (tertiary/aromatic N) is 2. The smallest absolute Gasteiger partial charge is 0.407 e. The molecule has 3 aromatic rings. The number of β-amino-alcohol motifs (C(OH)–C–C–N with tert-alkyl or cyclic N) is 1. The van der Waals surface area contributed by atoms with Crippen molar-refractivity contribution < 1.29 is 33.8 Å². The van der Waals surface area contributed by atoms with Crippen LogP contribution in [0.3, 0.4) is 0 Å². The lowest BCUT2D eigenvalue weighted by molar-refractivity contribution is -0.144. The second-order valence-corrected chi connectivity index (χ2v) is 19.0. The van der Waals surface area contributed by atoms with Crippen LogP contribution in [0.2, 0.25) is 0 Å². The zero-order valence-electron chi connectivity index (χ0n) is 36.6. The number of primary amides is 1. The number of likely N-dealkylation sites (tertiary alicyclic amines) is 1. The number of alkyl carbamates (subject to hydrolysis) is 1. The van der Waals surface area contributed by atoms with Crippen molar-refractivity contribution in [3.8, 4) is 10.4 Å². The zero-order valence-corrected chi connectivity index (χ0v) is 37.5. The van der Waals surface area contributed by atoms with E-state index in [9.17, 15) is 29.1 Å². The van der Waals surface area contributed by atoms with Crippen molar-refractivity contribution >= 4 is 41.1 Å². The van der Waals surface area contributed by atoms with Gasteiger partial charge in [-0.15, -0.1) is 11.3 Å². The number of carbonyl (C=O) groups is 5. The lowest BCUT2D eigenvalue weighted by Gasteiger charge is -2.35. The Kier molecular flexibility index (Phi) is 17.2. The minimum Gasteiger partial charge on any atom is -0.444 e. The molecule has 0 radical (unpaired) electrons. The Morgan fingerprint density at radius 1 is 0.917 bits per heavy atom. The molecule has 1 aromatic heterocycles. The fourth-order valence-corrected chi connectivity index (χ4v) is 8.21. The number of hydrogen-bond acceptors (Lipinski definition) is 9. The van der Waals surface area contributed by atoms with Gasteiger partial charge in [0.2, 0.25) is 23.6 Å². The molecule has 14 heteroatoms. The summed E-state index contributed by atoms with van der Waals surface area (Å²) in [7, 11) is 0. The van der Waals surface area contributed by atoms with Crippen molar-refractivity contribution in [2.45, 2.75) is 155 Å². The van der Waals surface area contributed by atoms with E-state index < -0.39 is 41.2 Å². The van der Waals surface area contributed by atoms with Crippen LogP contribution in [-0.2, 0) is 36.8 Å². The van der Waals surface area contributed by atoms with Gasteiger partial charge in [-0.3, -0.25) is 19.2 Å². The summed E-state index contributed by atoms with van der Waals surface area (Å²) in [6.07, 6.45) is 4.06. The van der Waals surface area contributed by atoms with E-state index in [0.717, 1.165) is 46.5 Å². The normalized spacial score (nSPS) is 17.1. The number of aromatic nitrogens is 1. The molecular formula is C46H66N6O7S. The second-order valence-electron chi connectivity index (χ2n) is 18.1. The largest absolute Gasteiger partial charge is 0.444 e. The number of nitrogens with one attached hydrogen (secondary N) is 3. The number of amides is 5. The van der Waals surface area contributed by atoms with Crippen molar-refractivity contribution in [3.05, 3.63) is 76.4 Å². The number of ether oxygens (including phenoxy) is 1. The minimum atomic E-state index is -0.886. The fraction of sp³-hybridized carbons (Fsp3) is 0.565. The number of carbonyl (C=O) groups excluding carboxylic acids is 5. The third-order valence-electron chi connectivity index (χ3n) is 10.7. The molecule has 0 aliphatic carbocycles. The number of hydrogen-bond donors (Lipinski definition) is 5. The quantitative estimate of drug-likeness (QED) is 0.0825. The topological polar surface area (TPSA) is 193 Å². The highest BCUT2D eigenvalue weighted by atomic mass is 32.1. The Bertz CT molecular complexity index is 1920. The number of thiazole rings is 1. The second kappa shape index (κ2) is 21.6. The van der Waals surface area contributed by atoms with Gasteiger partial charge in [-0.1, -0.05) is 75.7 Å². The molecule has 6 N–H and O–H groups in total. The van der Waals surface area contributed by atoms with Gasteiger partial charge in [0.15, 0.2) is 0 Å². The minimum absolute atomic E-state index is 0.0106. The zero-order chi connectivity index (χ0) is 44.2. The molecule has 4 rings (SSSR count). The Balaban J connectivity index is 1.25. The van der Waals surface area contributed by atoms with E-state index in [4.69, 9.17) is 10.5 Å². The van der Waals surface area contributed by atoms with Gasteiger partial charge in [0, 0.05) is 31.8 Å². The molecule has 0 saturated carbocycles. The van der Waals surface area contributed by atoms with Crippen LogP contribution in [-0.4, -0.2) is 81.1 Å². The molecule has 2 aromatic carbocycles. The van der Waals surface area contributed by atoms with Gasteiger partial charge in [0.1, 0.15) is 17.7 Å². The number of benzene rings is 2. The lowest BCUT2D eigenvalue weighted by atomic mass is 9.85. The number of aliphatic hydroxyl groups excluding tert-OH is 1. The van der Waals surface area contributed by atoms with Gasteiger partial charge in [0.05, 0.1) is 28.2 Å². The van der Waals surface area contributed by atoms with Gasteiger partial charge < -0.3 is 36.4 Å². The number of unbranched alkanes of at least 4 members (excludes halogenated alkanes) is 2. The molecule has 5 atom stereocenters. The van der Waals surface area contributed by atoms with E-state index in [1.807, 2.05) is 76.5 Å². The van der Waals surface area contributed by atoms with E-state index in [0.29, 0.717) is 25.7 Å². The first-order chi connectivity index (χ1) is 28.2. The summed E-state index contributed by atoms with van der Waals surface area (Å²) in [4.78, 5) is 71.7. The highest BCUT2D eigenvalue weighted by Gasteiger charge is 2.44. The molecule has 13 nitrogen and oxygen atoms in total. The standard InChI is InChI=1S/C46H66N6O7S/c1-29(33-18-20-34(21-19-33)40-30(2)48-28-60-40)49-42(56)37-26-36(53)27-52(37)43(57)41(45(3,4)5)51-39(55)16-11-9-10-13-31-14-12-15-32(25-31)17-22-35(23-24-38(47)54)50-44(58)59-46(6,7)8/h12,14-15,18-21,25,28-29,35-37,41,53H,9-11,13,16-17,22-24,26-27H2,1-8H3,(H2,47,54)(H,49,56)(H,50,58)(H,51,55)/t29-,35+,36+,37-,41+/m0/s1. The summed E-state index contributed by atoms with van der Waals surface area (Å²) in [5, 5.41) is 19.5. The maximum Gasteiger partial charge on any atom is 0.407 e. The van der Waals surface area contributed by atoms with Gasteiger partial charge in [-0.05, 0) is 101 Å². The molecule has 2 heterocycles. The van der Waals surface area contributed by atoms with Crippen LogP contribution in [0.4, 0.5) is 4.79 Å². The van der Waals surface area contributed by atoms with Gasteiger partial charge in [-0.2, -0.15) is 0 Å². The summed E-state index contributed by atoms with van der Waals surface area (Å²) in [6, 6.07) is 13.9. The fourth-order valence-electron chi connectivity index (χ4n) is 7.40. The lowest BCUT2D eigenvalue weighted by Crippen LogP contribution is -2.57. The summed E-state index contributed by atoms with van der Waals surface area (Å²) in [5.74, 6) is -1.39. The van der Waals surface area contributed by atoms with Crippen LogP contribution in [0.1, 0.15) is 128 Å². The monoisotopic (exact) mass is 846 g/mol. The molecular weight excluding hydrogens is 781 g/mol. The third kappa shape index (κ3) is 15.0. The molecule has 0 bridgehead atoms. The predicted molar refractivity (Wildman–Crippen MR) is 235 cm³/mol. The van der Waals surface area contributed by atoms with E-state index >= 15 is 0 Å². The number of rotatable bonds is 19. The summed E-state index contributed by atoms with van der Waals surface area (Å²) < 4.78 is 5.41. The van der Waals surface area contributed by atoms with E-state index in [1.165, 1.54) is 10.5 Å². The highest BCUT2D eigenvalue weighted by Crippen LogP contribution is 2.30. The van der Waals surface area contributed by atoms with E-state index in [-0.39, 0.29) is 55.6 Å². The van der Waals surface area contributed by atoms with Gasteiger partial charge in [0.25, 0.3) is 0 Å². The first-order valence-electron chi connectivity index (χ1n) is 21.1. The first kappa shape index (κ1) is 47.9. The molecule has 1 aliphatic rings. The van der Waals surface area contributed by atoms with Gasteiger partial charge in [-0.25, -0.2) is 9.78 Å². The molecule has 0 unspecified atom stereocenters. The Labute approximate surface area is 359 Å². The molecule has 1 fully saturated rings. The van der Waals surface area contributed by atoms with E-state index in [1.54, 1.807) is 32.1 Å². The van der Waals surface area contributed by atoms with E-state index in [2.05, 4.69) is 33.1 Å². The maximum absolute atomic E-state index is 14.1. The molecule has 328 valence electrons. The number of aliphatic hydroxyl groups is 1. The molecule has 0 spiro atoms. The first-order valence-corrected chi connectivity index (χ1v) is 22.0. The van der Waals surface area contributed by atoms with Crippen LogP contribution in [0, 0.1) is 12.3 Å². The predicted octanol–water partition coefficient (Wildman–Crippen LogP) is 6.68. The molecule has 1 aliphatic heterocycles. The average Bonchev–Trinajstić information content (AvgIpc) is 3.78. The Hall–Kier alpha value is -4.82. The maximum atomic E-state index is 14.1. The van der Waals surface area contributed by atoms with Crippen molar-refractivity contribution in [3.63, 3.8) is 0 Å². The number of aryl methyl sites for hydroxylation is 3. The average molecular weight is 847 g/mol. The van der Waals surface area contributed by atoms with Crippen LogP contribution >= 0.6 is 11.3 Å². The van der Waals surface area contributed by atoms with Crippen molar-refractivity contribution in [2.75, 3.05) is 6.54 Å². The van der Waals surface area contributed by atoms with Crippen LogP contribution in [0.5, 0.6) is 0 Å². The molecule has 5 amide bonds. The Morgan fingerprint density at radius 3 is 2.22 bits per heavy atom. The summed E-state index contributed by atoms with van der Waals surface area (Å²) in [5.41, 5.74) is 11.1. The van der Waals surface area contributed by atoms with Crippen LogP contribution in [0.25, 0.3) is 10.4 Å². The van der Waals surface area contributed by atoms with Gasteiger partial charge >= 0.3 is 6.09 Å². The van der Waals surface area contributed by atoms with Crippen molar-refractivity contribution in [2.24, 2.45) is 11.1 Å². The van der Waals surface area contributed by atoms with Crippen LogP contribution in [0.15, 0.2) is 54.0 Å². The van der Waals surface area contributed by atoms with Crippen molar-refractivity contribution in [1.29, 1.82) is 0 Å². The molecule has 60 heavy (non-hydrogen) atoms. The summed E-state index contributed by atoms with van der Waals surface area (Å²) >= 11 is 1.58. The molecule has 1 saturated heterocycles. The van der Waals surface area contributed by atoms with Crippen molar-refractivity contribution in [1.82, 2.24) is 25.8 Å². The summed E-state index contributed by atoms with van der Waals surface area (Å²) in [6.45, 7) is 14.9. The highest BCUT2D eigenvalue weighted by molar-refractivity contribution is 7.13. The Morgan fingerprint density at radius 2 is 1.60 bits per heavy atom. The number of nitrogens with two attached hydrogens (primary N) is 1.